The molecule has 1 atom stereocenters. The number of amides is 1. The van der Waals surface area contributed by atoms with E-state index in [1.807, 2.05) is 11.6 Å². The summed E-state index contributed by atoms with van der Waals surface area (Å²) >= 11 is 0. The van der Waals surface area contributed by atoms with Crippen molar-refractivity contribution in [3.8, 4) is 0 Å². The Morgan fingerprint density at radius 2 is 2.17 bits per heavy atom. The molecule has 1 aromatic rings. The van der Waals surface area contributed by atoms with E-state index in [9.17, 15) is 4.79 Å². The first-order chi connectivity index (χ1) is 11.2. The van der Waals surface area contributed by atoms with Crippen LogP contribution in [0.15, 0.2) is 0 Å². The lowest BCUT2D eigenvalue weighted by Gasteiger charge is -2.23. The van der Waals surface area contributed by atoms with E-state index in [-0.39, 0.29) is 24.4 Å². The predicted octanol–water partition coefficient (Wildman–Crippen LogP) is 1.87. The summed E-state index contributed by atoms with van der Waals surface area (Å²) in [6, 6.07) is 0.357. The van der Waals surface area contributed by atoms with Crippen molar-refractivity contribution < 1.29 is 9.53 Å². The number of piperidine rings is 1. The van der Waals surface area contributed by atoms with E-state index in [1.54, 1.807) is 7.11 Å². The van der Waals surface area contributed by atoms with Gasteiger partial charge in [-0.2, -0.15) is 0 Å². The second-order valence-electron chi connectivity index (χ2n) is 6.22. The van der Waals surface area contributed by atoms with Gasteiger partial charge in [0.05, 0.1) is 24.4 Å². The molecule has 0 saturated carbocycles. The molecule has 1 unspecified atom stereocenters. The zero-order chi connectivity index (χ0) is 16.7. The Kier molecular flexibility index (Phi) is 9.25. The van der Waals surface area contributed by atoms with Gasteiger partial charge < -0.3 is 15.4 Å². The van der Waals surface area contributed by atoms with Gasteiger partial charge in [-0.1, -0.05) is 25.0 Å². The first-order valence-electron chi connectivity index (χ1n) is 8.59. The molecule has 24 heavy (non-hydrogen) atoms. The van der Waals surface area contributed by atoms with Crippen LogP contribution in [0.2, 0.25) is 0 Å². The number of ether oxygens (including phenoxy) is 1. The Labute approximate surface area is 150 Å². The van der Waals surface area contributed by atoms with Crippen molar-refractivity contribution in [1.29, 1.82) is 0 Å². The van der Waals surface area contributed by atoms with Crippen molar-refractivity contribution in [1.82, 2.24) is 25.6 Å². The highest BCUT2D eigenvalue weighted by molar-refractivity contribution is 5.93. The maximum Gasteiger partial charge on any atom is 0.274 e. The summed E-state index contributed by atoms with van der Waals surface area (Å²) in [5.41, 5.74) is 1.28. The lowest BCUT2D eigenvalue weighted by Crippen LogP contribution is -2.38. The van der Waals surface area contributed by atoms with E-state index >= 15 is 0 Å². The fraction of sp³-hybridized carbons (Fsp3) is 0.812. The summed E-state index contributed by atoms with van der Waals surface area (Å²) in [5, 5.41) is 14.7. The fourth-order valence-corrected chi connectivity index (χ4v) is 3.05. The Bertz CT molecular complexity index is 503. The molecule has 0 bridgehead atoms. The van der Waals surface area contributed by atoms with Crippen LogP contribution >= 0.6 is 12.4 Å². The number of carbonyl (C=O) groups excluding carboxylic acids is 1. The van der Waals surface area contributed by atoms with Gasteiger partial charge in [0.1, 0.15) is 0 Å². The van der Waals surface area contributed by atoms with Gasteiger partial charge in [0.15, 0.2) is 5.69 Å². The van der Waals surface area contributed by atoms with Crippen LogP contribution in [0.25, 0.3) is 0 Å². The highest BCUT2D eigenvalue weighted by atomic mass is 35.5. The molecule has 1 saturated heterocycles. The molecule has 1 aromatic heterocycles. The number of hydrogen-bond donors (Lipinski definition) is 2. The second kappa shape index (κ2) is 10.6. The SMILES string of the molecule is CCCCC(COC)NC(=O)c1nnn(C2CCNCC2)c1C.Cl. The Hall–Kier alpha value is -1.18. The number of rotatable bonds is 8. The minimum Gasteiger partial charge on any atom is -0.383 e. The van der Waals surface area contributed by atoms with Crippen LogP contribution in [0.3, 0.4) is 0 Å². The molecule has 0 aliphatic carbocycles. The van der Waals surface area contributed by atoms with E-state index in [2.05, 4.69) is 27.9 Å². The lowest BCUT2D eigenvalue weighted by atomic mass is 10.1. The summed E-state index contributed by atoms with van der Waals surface area (Å²) in [5.74, 6) is -0.152. The summed E-state index contributed by atoms with van der Waals surface area (Å²) in [6.07, 6.45) is 5.12. The Balaban J connectivity index is 0.00000288. The predicted molar refractivity (Wildman–Crippen MR) is 95.8 cm³/mol. The minimum absolute atomic E-state index is 0. The van der Waals surface area contributed by atoms with Crippen molar-refractivity contribution in [2.24, 2.45) is 0 Å². The van der Waals surface area contributed by atoms with Gasteiger partial charge in [-0.3, -0.25) is 4.79 Å². The van der Waals surface area contributed by atoms with Gasteiger partial charge >= 0.3 is 0 Å². The number of halogens is 1. The van der Waals surface area contributed by atoms with Crippen molar-refractivity contribution in [3.63, 3.8) is 0 Å². The standard InChI is InChI=1S/C16H29N5O2.ClH/c1-4-5-6-13(11-23-3)18-16(22)15-12(2)21(20-19-15)14-7-9-17-10-8-14;/h13-14,17H,4-11H2,1-3H3,(H,18,22);1H. The molecule has 0 spiro atoms. The van der Waals surface area contributed by atoms with Gasteiger partial charge in [0, 0.05) is 7.11 Å². The molecule has 1 aliphatic heterocycles. The third-order valence-electron chi connectivity index (χ3n) is 4.41. The largest absolute Gasteiger partial charge is 0.383 e. The molecule has 0 radical (unpaired) electrons. The molecule has 2 heterocycles. The Morgan fingerprint density at radius 3 is 2.79 bits per heavy atom. The fourth-order valence-electron chi connectivity index (χ4n) is 3.05. The third-order valence-corrected chi connectivity index (χ3v) is 4.41. The van der Waals surface area contributed by atoms with Crippen LogP contribution in [0.5, 0.6) is 0 Å². The van der Waals surface area contributed by atoms with Crippen molar-refractivity contribution >= 4 is 18.3 Å². The molecule has 138 valence electrons. The third kappa shape index (κ3) is 5.43. The van der Waals surface area contributed by atoms with Crippen molar-refractivity contribution in [3.05, 3.63) is 11.4 Å². The molecule has 2 rings (SSSR count). The number of unbranched alkanes of at least 4 members (excludes halogenated alkanes) is 1. The van der Waals surface area contributed by atoms with Gasteiger partial charge in [0.25, 0.3) is 5.91 Å². The number of hydrogen-bond acceptors (Lipinski definition) is 5. The zero-order valence-electron chi connectivity index (χ0n) is 14.9. The topological polar surface area (TPSA) is 81.1 Å². The van der Waals surface area contributed by atoms with E-state index in [1.165, 1.54) is 0 Å². The molecule has 1 fully saturated rings. The quantitative estimate of drug-likeness (QED) is 0.740. The minimum atomic E-state index is -0.152. The van der Waals surface area contributed by atoms with Gasteiger partial charge in [0.2, 0.25) is 0 Å². The Morgan fingerprint density at radius 1 is 1.46 bits per heavy atom. The summed E-state index contributed by atoms with van der Waals surface area (Å²) in [4.78, 5) is 12.5. The molecular weight excluding hydrogens is 330 g/mol. The van der Waals surface area contributed by atoms with Crippen molar-refractivity contribution in [2.75, 3.05) is 26.8 Å². The highest BCUT2D eigenvalue weighted by Gasteiger charge is 2.24. The lowest BCUT2D eigenvalue weighted by molar-refractivity contribution is 0.0885. The molecule has 1 aliphatic rings. The van der Waals surface area contributed by atoms with Crippen LogP contribution < -0.4 is 10.6 Å². The summed E-state index contributed by atoms with van der Waals surface area (Å²) in [6.45, 7) is 6.55. The maximum absolute atomic E-state index is 12.5. The van der Waals surface area contributed by atoms with Crippen LogP contribution in [0.1, 0.15) is 61.3 Å². The first-order valence-corrected chi connectivity index (χ1v) is 8.59. The van der Waals surface area contributed by atoms with Crippen LogP contribution in [-0.4, -0.2) is 53.7 Å². The first kappa shape index (κ1) is 20.9. The second-order valence-corrected chi connectivity index (χ2v) is 6.22. The van der Waals surface area contributed by atoms with E-state index in [0.29, 0.717) is 18.3 Å². The molecular formula is C16H30ClN5O2. The summed E-state index contributed by atoms with van der Waals surface area (Å²) < 4.78 is 7.12. The average molecular weight is 360 g/mol. The molecule has 7 nitrogen and oxygen atoms in total. The van der Waals surface area contributed by atoms with Crippen molar-refractivity contribution in [2.45, 2.75) is 58.0 Å². The number of aromatic nitrogens is 3. The van der Waals surface area contributed by atoms with Crippen LogP contribution in [-0.2, 0) is 4.74 Å². The smallest absolute Gasteiger partial charge is 0.274 e. The van der Waals surface area contributed by atoms with Gasteiger partial charge in [-0.05, 0) is 39.3 Å². The molecule has 8 heteroatoms. The van der Waals surface area contributed by atoms with Gasteiger partial charge in [-0.15, -0.1) is 17.5 Å². The maximum atomic E-state index is 12.5. The highest BCUT2D eigenvalue weighted by Crippen LogP contribution is 2.20. The van der Waals surface area contributed by atoms with E-state index in [4.69, 9.17) is 4.74 Å². The number of methoxy groups -OCH3 is 1. The monoisotopic (exact) mass is 359 g/mol. The summed E-state index contributed by atoms with van der Waals surface area (Å²) in [7, 11) is 1.66. The van der Waals surface area contributed by atoms with E-state index < -0.39 is 0 Å². The normalized spacial score (nSPS) is 16.5. The van der Waals surface area contributed by atoms with Gasteiger partial charge in [-0.25, -0.2) is 4.68 Å². The molecule has 1 amide bonds. The number of nitrogens with one attached hydrogen (secondary N) is 2. The number of carbonyl (C=O) groups is 1. The number of nitrogens with zero attached hydrogens (tertiary/aromatic N) is 3. The zero-order valence-corrected chi connectivity index (χ0v) is 15.7. The average Bonchev–Trinajstić information content (AvgIpc) is 2.95. The van der Waals surface area contributed by atoms with Crippen LogP contribution in [0.4, 0.5) is 0 Å². The molecule has 0 aromatic carbocycles. The van der Waals surface area contributed by atoms with E-state index in [0.717, 1.165) is 50.9 Å². The van der Waals surface area contributed by atoms with Crippen LogP contribution in [0, 0.1) is 6.92 Å². The molecule has 2 N–H and O–H groups in total.